The van der Waals surface area contributed by atoms with Gasteiger partial charge in [-0.3, -0.25) is 9.59 Å². The van der Waals surface area contributed by atoms with Crippen LogP contribution in [0.15, 0.2) is 72.3 Å². The molecule has 8 nitrogen and oxygen atoms in total. The Balaban J connectivity index is 1.97. The Morgan fingerprint density at radius 3 is 2.22 bits per heavy atom. The summed E-state index contributed by atoms with van der Waals surface area (Å²) in [6.45, 7) is 5.98. The molecule has 2 amide bonds. The van der Waals surface area contributed by atoms with E-state index in [1.54, 1.807) is 32.4 Å². The zero-order chi connectivity index (χ0) is 29.8. The maximum atomic E-state index is 14.5. The molecule has 3 atom stereocenters. The smallest absolute Gasteiger partial charge is 0.244 e. The van der Waals surface area contributed by atoms with Crippen LogP contribution in [0.3, 0.4) is 0 Å². The average molecular weight is 564 g/mol. The van der Waals surface area contributed by atoms with E-state index in [0.717, 1.165) is 24.0 Å². The molecule has 41 heavy (non-hydrogen) atoms. The molecule has 0 heterocycles. The van der Waals surface area contributed by atoms with E-state index >= 15 is 0 Å². The van der Waals surface area contributed by atoms with Crippen molar-refractivity contribution in [2.24, 2.45) is 17.1 Å². The first kappa shape index (κ1) is 31.9. The van der Waals surface area contributed by atoms with Crippen molar-refractivity contribution in [2.45, 2.75) is 52.2 Å². The van der Waals surface area contributed by atoms with Gasteiger partial charge in [-0.2, -0.15) is 0 Å². The van der Waals surface area contributed by atoms with Crippen molar-refractivity contribution in [3.8, 4) is 11.5 Å². The second-order valence-corrected chi connectivity index (χ2v) is 10.6. The van der Waals surface area contributed by atoms with Gasteiger partial charge in [0.05, 0.1) is 25.7 Å². The van der Waals surface area contributed by atoms with E-state index in [4.69, 9.17) is 15.2 Å². The summed E-state index contributed by atoms with van der Waals surface area (Å²) in [5.74, 6) is 0.195. The van der Waals surface area contributed by atoms with Gasteiger partial charge in [0.1, 0.15) is 11.5 Å². The van der Waals surface area contributed by atoms with Crippen LogP contribution in [0.1, 0.15) is 44.2 Å². The highest BCUT2D eigenvalue weighted by Crippen LogP contribution is 2.44. The number of nitrogens with one attached hydrogen (secondary N) is 1. The average Bonchev–Trinajstić information content (AvgIpc) is 2.99. The lowest BCUT2D eigenvalue weighted by Crippen LogP contribution is -2.54. The van der Waals surface area contributed by atoms with E-state index < -0.39 is 23.3 Å². The van der Waals surface area contributed by atoms with Crippen molar-refractivity contribution in [1.82, 2.24) is 10.2 Å². The first-order valence-corrected chi connectivity index (χ1v) is 14.4. The van der Waals surface area contributed by atoms with Crippen LogP contribution < -0.4 is 20.5 Å². The number of rotatable bonds is 16. The van der Waals surface area contributed by atoms with E-state index in [0.29, 0.717) is 43.1 Å². The lowest BCUT2D eigenvalue weighted by atomic mass is 9.64. The molecule has 0 radical (unpaired) electrons. The molecular weight excluding hydrogens is 518 g/mol. The Morgan fingerprint density at radius 1 is 1.02 bits per heavy atom. The van der Waals surface area contributed by atoms with Gasteiger partial charge in [-0.05, 0) is 48.9 Å². The van der Waals surface area contributed by atoms with Crippen molar-refractivity contribution < 1.29 is 24.2 Å². The van der Waals surface area contributed by atoms with E-state index in [9.17, 15) is 14.7 Å². The molecule has 2 aromatic carbocycles. The van der Waals surface area contributed by atoms with Gasteiger partial charge in [-0.1, -0.05) is 62.4 Å². The predicted octanol–water partition coefficient (Wildman–Crippen LogP) is 4.02. The van der Waals surface area contributed by atoms with Gasteiger partial charge < -0.3 is 30.5 Å². The molecule has 1 unspecified atom stereocenters. The van der Waals surface area contributed by atoms with Gasteiger partial charge in [-0.15, -0.1) is 0 Å². The van der Waals surface area contributed by atoms with E-state index in [-0.39, 0.29) is 18.9 Å². The van der Waals surface area contributed by atoms with Gasteiger partial charge in [0.2, 0.25) is 11.8 Å². The van der Waals surface area contributed by atoms with Crippen LogP contribution in [0.5, 0.6) is 11.5 Å². The number of nitrogens with two attached hydrogens (primary N) is 1. The number of amides is 2. The molecule has 4 N–H and O–H groups in total. The number of hydrogen-bond acceptors (Lipinski definition) is 6. The van der Waals surface area contributed by atoms with Gasteiger partial charge in [-0.25, -0.2) is 0 Å². The van der Waals surface area contributed by atoms with Crippen LogP contribution in [-0.4, -0.2) is 61.8 Å². The third kappa shape index (κ3) is 8.21. The quantitative estimate of drug-likeness (QED) is 0.284. The number of ether oxygens (including phenoxy) is 2. The van der Waals surface area contributed by atoms with Crippen LogP contribution in [0.4, 0.5) is 0 Å². The molecule has 222 valence electrons. The van der Waals surface area contributed by atoms with Crippen LogP contribution in [0.2, 0.25) is 0 Å². The maximum absolute atomic E-state index is 14.5. The molecule has 0 fully saturated rings. The number of allylic oxidation sites excluding steroid dienone is 2. The fourth-order valence-electron chi connectivity index (χ4n) is 5.65. The fraction of sp³-hybridized carbons (Fsp3) is 0.455. The molecule has 2 aromatic rings. The lowest BCUT2D eigenvalue weighted by molar-refractivity contribution is -0.145. The Hall–Kier alpha value is -3.62. The van der Waals surface area contributed by atoms with Crippen molar-refractivity contribution in [2.75, 3.05) is 33.9 Å². The molecule has 0 spiro atoms. The van der Waals surface area contributed by atoms with Crippen LogP contribution in [0, 0.1) is 11.3 Å². The van der Waals surface area contributed by atoms with Crippen molar-refractivity contribution in [3.63, 3.8) is 0 Å². The number of nitrogens with zero attached hydrogens (tertiary/aromatic N) is 1. The molecule has 0 saturated carbocycles. The summed E-state index contributed by atoms with van der Waals surface area (Å²) in [6, 6.07) is 15.5. The third-order valence-corrected chi connectivity index (χ3v) is 7.68. The molecule has 0 bridgehead atoms. The molecule has 0 aliphatic heterocycles. The number of primary amides is 1. The minimum absolute atomic E-state index is 0.0817. The zero-order valence-electron chi connectivity index (χ0n) is 24.8. The molecule has 8 heteroatoms. The Labute approximate surface area is 244 Å². The molecule has 0 aromatic heterocycles. The molecule has 1 aliphatic rings. The molecule has 0 saturated heterocycles. The first-order chi connectivity index (χ1) is 19.8. The SMILES string of the molecule is CCCN(CCC)C(=O)C1([C@H](Cc2ccccc2)[C@@H](O)CNCc2cc(OC)cc(OC)c2)C=CC=C(C(N)=O)C1. The summed E-state index contributed by atoms with van der Waals surface area (Å²) in [4.78, 5) is 28.7. The normalized spacial score (nSPS) is 17.8. The summed E-state index contributed by atoms with van der Waals surface area (Å²) in [5.41, 5.74) is 6.93. The topological polar surface area (TPSA) is 114 Å². The highest BCUT2D eigenvalue weighted by molar-refractivity contribution is 5.95. The summed E-state index contributed by atoms with van der Waals surface area (Å²) < 4.78 is 10.8. The molecule has 3 rings (SSSR count). The van der Waals surface area contributed by atoms with Gasteiger partial charge >= 0.3 is 0 Å². The summed E-state index contributed by atoms with van der Waals surface area (Å²) in [5, 5.41) is 15.2. The van der Waals surface area contributed by atoms with Crippen LogP contribution in [-0.2, 0) is 22.6 Å². The molecule has 1 aliphatic carbocycles. The third-order valence-electron chi connectivity index (χ3n) is 7.68. The fourth-order valence-corrected chi connectivity index (χ4v) is 5.65. The second kappa shape index (κ2) is 15.4. The largest absolute Gasteiger partial charge is 0.497 e. The summed E-state index contributed by atoms with van der Waals surface area (Å²) >= 11 is 0. The lowest BCUT2D eigenvalue weighted by Gasteiger charge is -2.44. The number of carbonyl (C=O) groups is 2. The number of methoxy groups -OCH3 is 2. The zero-order valence-corrected chi connectivity index (χ0v) is 24.8. The Morgan fingerprint density at radius 2 is 1.66 bits per heavy atom. The standard InChI is InChI=1S/C33H45N3O5/c1-5-15-36(16-6-2)32(39)33(14-10-13-26(21-33)31(34)38)29(19-24-11-8-7-9-12-24)30(37)23-35-22-25-17-27(40-3)20-28(18-25)41-4/h7-14,17-18,20,29-30,35,37H,5-6,15-16,19,21-23H2,1-4H3,(H2,34,38)/t29-,30+,33?/m1/s1. The van der Waals surface area contributed by atoms with Crippen molar-refractivity contribution in [1.29, 1.82) is 0 Å². The number of aliphatic hydroxyl groups is 1. The minimum atomic E-state index is -1.14. The van der Waals surface area contributed by atoms with Gasteiger partial charge in [0.25, 0.3) is 0 Å². The second-order valence-electron chi connectivity index (χ2n) is 10.6. The maximum Gasteiger partial charge on any atom is 0.244 e. The highest BCUT2D eigenvalue weighted by Gasteiger charge is 2.49. The van der Waals surface area contributed by atoms with Gasteiger partial charge in [0.15, 0.2) is 0 Å². The monoisotopic (exact) mass is 563 g/mol. The first-order valence-electron chi connectivity index (χ1n) is 14.4. The number of benzene rings is 2. The number of aliphatic hydroxyl groups excluding tert-OH is 1. The summed E-state index contributed by atoms with van der Waals surface area (Å²) in [6.07, 6.45) is 6.60. The minimum Gasteiger partial charge on any atom is -0.497 e. The predicted molar refractivity (Wildman–Crippen MR) is 162 cm³/mol. The van der Waals surface area contributed by atoms with Crippen LogP contribution in [0.25, 0.3) is 0 Å². The van der Waals surface area contributed by atoms with Crippen molar-refractivity contribution in [3.05, 3.63) is 83.5 Å². The Bertz CT molecular complexity index is 1180. The van der Waals surface area contributed by atoms with E-state index in [2.05, 4.69) is 5.32 Å². The van der Waals surface area contributed by atoms with E-state index in [1.165, 1.54) is 0 Å². The number of carbonyl (C=O) groups excluding carboxylic acids is 2. The Kier molecular flexibility index (Phi) is 12.0. The highest BCUT2D eigenvalue weighted by atomic mass is 16.5. The van der Waals surface area contributed by atoms with E-state index in [1.807, 2.05) is 67.3 Å². The van der Waals surface area contributed by atoms with Crippen molar-refractivity contribution >= 4 is 11.8 Å². The van der Waals surface area contributed by atoms with Gasteiger partial charge in [0, 0.05) is 43.7 Å². The van der Waals surface area contributed by atoms with Crippen LogP contribution >= 0.6 is 0 Å². The molecular formula is C33H45N3O5. The summed E-state index contributed by atoms with van der Waals surface area (Å²) in [7, 11) is 3.21. The number of hydrogen-bond donors (Lipinski definition) is 3.